The van der Waals surface area contributed by atoms with Crippen molar-refractivity contribution in [1.29, 1.82) is 0 Å². The van der Waals surface area contributed by atoms with Crippen molar-refractivity contribution in [3.05, 3.63) is 63.8 Å². The lowest BCUT2D eigenvalue weighted by atomic mass is 9.95. The number of para-hydroxylation sites is 1. The zero-order valence-corrected chi connectivity index (χ0v) is 23.6. The summed E-state index contributed by atoms with van der Waals surface area (Å²) in [4.78, 5) is 69.5. The maximum atomic E-state index is 14.1. The quantitative estimate of drug-likeness (QED) is 0.270. The van der Waals surface area contributed by atoms with Crippen LogP contribution in [-0.4, -0.2) is 79.5 Å². The molecule has 42 heavy (non-hydrogen) atoms. The molecule has 3 heterocycles. The van der Waals surface area contributed by atoms with Gasteiger partial charge in [-0.25, -0.2) is 9.59 Å². The van der Waals surface area contributed by atoms with E-state index in [1.54, 1.807) is 6.07 Å². The third-order valence-electron chi connectivity index (χ3n) is 7.55. The highest BCUT2D eigenvalue weighted by atomic mass is 35.5. The van der Waals surface area contributed by atoms with Crippen molar-refractivity contribution in [2.24, 2.45) is 0 Å². The predicted molar refractivity (Wildman–Crippen MR) is 153 cm³/mol. The van der Waals surface area contributed by atoms with Crippen molar-refractivity contribution in [1.82, 2.24) is 20.1 Å². The molecule has 3 atom stereocenters. The van der Waals surface area contributed by atoms with Crippen LogP contribution in [0.1, 0.15) is 30.5 Å². The van der Waals surface area contributed by atoms with E-state index in [0.717, 1.165) is 22.2 Å². The van der Waals surface area contributed by atoms with E-state index >= 15 is 0 Å². The van der Waals surface area contributed by atoms with Gasteiger partial charge in [0.25, 0.3) is 0 Å². The van der Waals surface area contributed by atoms with Gasteiger partial charge in [-0.1, -0.05) is 41.4 Å². The van der Waals surface area contributed by atoms with Gasteiger partial charge in [-0.2, -0.15) is 0 Å². The number of aromatic nitrogens is 1. The fraction of sp³-hybridized carbons (Fsp3) is 0.321. The van der Waals surface area contributed by atoms with Crippen LogP contribution in [-0.2, 0) is 32.1 Å². The molecule has 1 aromatic heterocycles. The number of carbonyl (C=O) groups is 5. The summed E-state index contributed by atoms with van der Waals surface area (Å²) in [6, 6.07) is 7.99. The normalized spacial score (nSPS) is 18.8. The zero-order valence-electron chi connectivity index (χ0n) is 22.1. The number of fused-ring (bicyclic) bond motifs is 3. The highest BCUT2D eigenvalue weighted by molar-refractivity contribution is 6.42. The summed E-state index contributed by atoms with van der Waals surface area (Å²) in [5.74, 6) is -4.11. The second kappa shape index (κ2) is 11.9. The van der Waals surface area contributed by atoms with Crippen LogP contribution >= 0.6 is 23.2 Å². The molecule has 2 aliphatic heterocycles. The minimum Gasteiger partial charge on any atom is -0.481 e. The van der Waals surface area contributed by atoms with Gasteiger partial charge in [0.1, 0.15) is 18.1 Å². The fourth-order valence-corrected chi connectivity index (χ4v) is 5.85. The van der Waals surface area contributed by atoms with Crippen molar-refractivity contribution in [3.8, 4) is 0 Å². The Kier molecular flexibility index (Phi) is 8.28. The minimum atomic E-state index is -1.65. The highest BCUT2D eigenvalue weighted by Crippen LogP contribution is 2.33. The number of halogens is 2. The third-order valence-corrected chi connectivity index (χ3v) is 8.29. The number of nitrogens with zero attached hydrogens (tertiary/aromatic N) is 2. The van der Waals surface area contributed by atoms with Crippen molar-refractivity contribution >= 4 is 69.6 Å². The molecule has 0 bridgehead atoms. The number of amides is 4. The zero-order chi connectivity index (χ0) is 30.1. The van der Waals surface area contributed by atoms with Crippen LogP contribution in [0.5, 0.6) is 0 Å². The summed E-state index contributed by atoms with van der Waals surface area (Å²) < 4.78 is 0. The SMILES string of the molecule is O=C(O)CC(NC(=O)C1CCCN1C(=O)C1Cc2c([nH]c3ccccc23)CN1C(=O)Nc1ccc(Cl)c(Cl)c1)C(=O)O. The number of nitrogens with one attached hydrogen (secondary N) is 3. The lowest BCUT2D eigenvalue weighted by Crippen LogP contribution is -2.58. The molecule has 2 aromatic carbocycles. The number of benzene rings is 2. The van der Waals surface area contributed by atoms with Gasteiger partial charge in [-0.15, -0.1) is 0 Å². The Morgan fingerprint density at radius 1 is 1.00 bits per heavy atom. The predicted octanol–water partition coefficient (Wildman–Crippen LogP) is 3.47. The third kappa shape index (κ3) is 5.86. The number of carboxylic acid groups (broad SMARTS) is 2. The topological polar surface area (TPSA) is 172 Å². The van der Waals surface area contributed by atoms with Gasteiger partial charge in [0.2, 0.25) is 11.8 Å². The fourth-order valence-electron chi connectivity index (χ4n) is 5.55. The number of aliphatic carboxylic acids is 2. The molecule has 14 heteroatoms. The molecule has 0 aliphatic carbocycles. The van der Waals surface area contributed by atoms with Crippen LogP contribution in [0.3, 0.4) is 0 Å². The molecule has 1 saturated heterocycles. The van der Waals surface area contributed by atoms with Gasteiger partial charge in [0.05, 0.1) is 23.0 Å². The highest BCUT2D eigenvalue weighted by Gasteiger charge is 2.43. The van der Waals surface area contributed by atoms with Gasteiger partial charge in [0.15, 0.2) is 0 Å². The summed E-state index contributed by atoms with van der Waals surface area (Å²) >= 11 is 12.1. The average Bonchev–Trinajstić information content (AvgIpc) is 3.58. The summed E-state index contributed by atoms with van der Waals surface area (Å²) in [6.45, 7) is 0.297. The first-order valence-electron chi connectivity index (χ1n) is 13.2. The molecule has 2 aliphatic rings. The molecule has 1 fully saturated rings. The van der Waals surface area contributed by atoms with E-state index in [1.807, 2.05) is 24.3 Å². The molecule has 0 spiro atoms. The van der Waals surface area contributed by atoms with Crippen LogP contribution in [0.25, 0.3) is 10.9 Å². The molecular formula is C28H27Cl2N5O7. The number of carboxylic acids is 2. The van der Waals surface area contributed by atoms with E-state index in [2.05, 4.69) is 15.6 Å². The number of carbonyl (C=O) groups excluding carboxylic acids is 3. The first-order valence-corrected chi connectivity index (χ1v) is 14.0. The average molecular weight is 616 g/mol. The molecule has 3 aromatic rings. The smallest absolute Gasteiger partial charge is 0.326 e. The van der Waals surface area contributed by atoms with Crippen molar-refractivity contribution < 1.29 is 34.2 Å². The van der Waals surface area contributed by atoms with E-state index in [9.17, 15) is 29.1 Å². The van der Waals surface area contributed by atoms with Crippen LogP contribution < -0.4 is 10.6 Å². The summed E-state index contributed by atoms with van der Waals surface area (Å²) in [5, 5.41) is 24.9. The maximum Gasteiger partial charge on any atom is 0.326 e. The van der Waals surface area contributed by atoms with E-state index in [1.165, 1.54) is 21.9 Å². The first kappa shape index (κ1) is 29.2. The Bertz CT molecular complexity index is 1590. The van der Waals surface area contributed by atoms with Crippen molar-refractivity contribution in [2.45, 2.75) is 50.4 Å². The Labute approximate surface area is 249 Å². The first-order chi connectivity index (χ1) is 20.0. The number of likely N-dealkylation sites (tertiary alicyclic amines) is 1. The molecule has 12 nitrogen and oxygen atoms in total. The second-order valence-electron chi connectivity index (χ2n) is 10.2. The minimum absolute atomic E-state index is 0.0813. The lowest BCUT2D eigenvalue weighted by molar-refractivity contribution is -0.148. The maximum absolute atomic E-state index is 14.1. The summed E-state index contributed by atoms with van der Waals surface area (Å²) in [6.07, 6.45) is 0.101. The van der Waals surface area contributed by atoms with E-state index < -0.39 is 54.3 Å². The molecule has 220 valence electrons. The number of H-pyrrole nitrogens is 1. The lowest BCUT2D eigenvalue weighted by Gasteiger charge is -2.38. The monoisotopic (exact) mass is 615 g/mol. The molecular weight excluding hydrogens is 589 g/mol. The van der Waals surface area contributed by atoms with Crippen molar-refractivity contribution in [2.75, 3.05) is 11.9 Å². The Morgan fingerprint density at radius 3 is 2.48 bits per heavy atom. The van der Waals surface area contributed by atoms with Gasteiger partial charge >= 0.3 is 18.0 Å². The number of hydrogen-bond acceptors (Lipinski definition) is 5. The largest absolute Gasteiger partial charge is 0.481 e. The molecule has 4 amide bonds. The van der Waals surface area contributed by atoms with Gasteiger partial charge < -0.3 is 35.6 Å². The van der Waals surface area contributed by atoms with Gasteiger partial charge in [0, 0.05) is 35.2 Å². The number of hydrogen-bond donors (Lipinski definition) is 5. The Hall–Kier alpha value is -4.29. The van der Waals surface area contributed by atoms with Crippen LogP contribution in [0.15, 0.2) is 42.5 Å². The summed E-state index contributed by atoms with van der Waals surface area (Å²) in [5.41, 5.74) is 2.89. The second-order valence-corrected chi connectivity index (χ2v) is 11.0. The van der Waals surface area contributed by atoms with E-state index in [-0.39, 0.29) is 31.0 Å². The number of rotatable bonds is 7. The van der Waals surface area contributed by atoms with Crippen LogP contribution in [0.4, 0.5) is 10.5 Å². The number of anilines is 1. The van der Waals surface area contributed by atoms with E-state index in [0.29, 0.717) is 17.1 Å². The molecule has 3 unspecified atom stereocenters. The van der Waals surface area contributed by atoms with Gasteiger partial charge in [-0.3, -0.25) is 14.4 Å². The standard InChI is InChI=1S/C28H27Cl2N5O7/c29-17-8-7-14(10-18(17)30)31-28(42)35-13-21-16(15-4-1-2-5-19(15)32-21)11-23(35)26(39)34-9-3-6-22(34)25(38)33-20(27(40)41)12-24(36)37/h1-2,4-5,7-8,10,20,22-23,32H,3,6,9,11-13H2,(H,31,42)(H,33,38)(H,36,37)(H,40,41). The van der Waals surface area contributed by atoms with Crippen LogP contribution in [0.2, 0.25) is 10.0 Å². The molecule has 5 N–H and O–H groups in total. The van der Waals surface area contributed by atoms with Crippen molar-refractivity contribution in [3.63, 3.8) is 0 Å². The molecule has 5 rings (SSSR count). The summed E-state index contributed by atoms with van der Waals surface area (Å²) in [7, 11) is 0. The Balaban J connectivity index is 1.43. The molecule has 0 radical (unpaired) electrons. The number of urea groups is 1. The van der Waals surface area contributed by atoms with E-state index in [4.69, 9.17) is 28.3 Å². The van der Waals surface area contributed by atoms with Crippen LogP contribution in [0, 0.1) is 0 Å². The molecule has 0 saturated carbocycles. The van der Waals surface area contributed by atoms with Gasteiger partial charge in [-0.05, 0) is 42.7 Å². The Morgan fingerprint density at radius 2 is 1.76 bits per heavy atom. The number of aromatic amines is 1.